The number of hydrogen-bond donors (Lipinski definition) is 0. The van der Waals surface area contributed by atoms with Crippen LogP contribution in [0.4, 0.5) is 0 Å². The average molecular weight is 282 g/mol. The zero-order chi connectivity index (χ0) is 4.50. The molecule has 0 spiro atoms. The molecule has 0 radical (unpaired) electrons. The molecule has 0 bridgehead atoms. The van der Waals surface area contributed by atoms with E-state index in [9.17, 15) is 0 Å². The first-order valence-electron chi connectivity index (χ1n) is 0.667. The average Bonchev–Trinajstić information content (AvgIpc) is 0.722. The van der Waals surface area contributed by atoms with Gasteiger partial charge in [-0.1, -0.05) is 0 Å². The number of hydrogen-bond acceptors (Lipinski definition) is 4. The van der Waals surface area contributed by atoms with Gasteiger partial charge in [0.2, 0.25) is 0 Å². The summed E-state index contributed by atoms with van der Waals surface area (Å²) < 4.78 is 34.1. The van der Waals surface area contributed by atoms with Crippen molar-refractivity contribution in [1.29, 1.82) is 0 Å². The molecular weight excluding hydrogens is 270 g/mol. The van der Waals surface area contributed by atoms with E-state index in [0.717, 1.165) is 0 Å². The molecule has 0 heterocycles. The topological polar surface area (TPSA) is 269 Å². The summed E-state index contributed by atoms with van der Waals surface area (Å²) in [6.45, 7) is 0. The minimum atomic E-state index is -5.17. The van der Waals surface area contributed by atoms with Crippen molar-refractivity contribution < 1.29 is 153 Å². The SMILES string of the molecule is O.O.O.O.O.O.O=S(=O)([O-])[O-].[K+].[K+]. The van der Waals surface area contributed by atoms with E-state index in [2.05, 4.69) is 0 Å². The minimum absolute atomic E-state index is 0. The van der Waals surface area contributed by atoms with Crippen LogP contribution in [0, 0.1) is 0 Å². The maximum atomic E-state index is 8.52. The molecule has 0 saturated carbocycles. The summed E-state index contributed by atoms with van der Waals surface area (Å²) in [4.78, 5) is 0. The third-order valence-electron chi connectivity index (χ3n) is 0. The normalized spacial score (nSPS) is 4.46. The van der Waals surface area contributed by atoms with E-state index >= 15 is 0 Å². The largest absolute Gasteiger partial charge is 1.00 e. The van der Waals surface area contributed by atoms with Gasteiger partial charge in [-0.2, -0.15) is 0 Å². The Kier molecular flexibility index (Phi) is 207. The first kappa shape index (κ1) is 74.1. The smallest absolute Gasteiger partial charge is 0.759 e. The molecule has 80 valence electrons. The molecule has 0 aromatic rings. The fourth-order valence-corrected chi connectivity index (χ4v) is 0. The molecule has 0 aromatic heterocycles. The molecule has 0 rings (SSSR count). The molecule has 0 aliphatic rings. The van der Waals surface area contributed by atoms with Crippen LogP contribution in [0.3, 0.4) is 0 Å². The van der Waals surface area contributed by atoms with Gasteiger partial charge < -0.3 is 42.0 Å². The van der Waals surface area contributed by atoms with Crippen LogP contribution in [-0.2, 0) is 10.4 Å². The molecule has 0 atom stereocenters. The van der Waals surface area contributed by atoms with Crippen molar-refractivity contribution in [3.63, 3.8) is 0 Å². The maximum Gasteiger partial charge on any atom is 1.00 e. The molecule has 0 fully saturated rings. The van der Waals surface area contributed by atoms with Crippen molar-refractivity contribution in [1.82, 2.24) is 0 Å². The minimum Gasteiger partial charge on any atom is -0.759 e. The Morgan fingerprint density at radius 1 is 0.615 bits per heavy atom. The van der Waals surface area contributed by atoms with Crippen molar-refractivity contribution in [2.24, 2.45) is 0 Å². The van der Waals surface area contributed by atoms with Crippen LogP contribution in [0.1, 0.15) is 0 Å². The second-order valence-electron chi connectivity index (χ2n) is 0.408. The van der Waals surface area contributed by atoms with Crippen LogP contribution in [0.25, 0.3) is 0 Å². The van der Waals surface area contributed by atoms with E-state index < -0.39 is 10.4 Å². The number of rotatable bonds is 0. The molecule has 13 heteroatoms. The van der Waals surface area contributed by atoms with Gasteiger partial charge in [0.1, 0.15) is 0 Å². The van der Waals surface area contributed by atoms with Gasteiger partial charge in [0, 0.05) is 10.4 Å². The van der Waals surface area contributed by atoms with Gasteiger partial charge in [-0.3, -0.25) is 8.42 Å². The maximum absolute atomic E-state index is 8.52. The van der Waals surface area contributed by atoms with Crippen LogP contribution in [0.5, 0.6) is 0 Å². The summed E-state index contributed by atoms with van der Waals surface area (Å²) in [6.07, 6.45) is 0. The van der Waals surface area contributed by atoms with Crippen LogP contribution >= 0.6 is 0 Å². The van der Waals surface area contributed by atoms with Gasteiger partial charge in [-0.25, -0.2) is 0 Å². The zero-order valence-electron chi connectivity index (χ0n) is 7.04. The molecule has 0 unspecified atom stereocenters. The van der Waals surface area contributed by atoms with Crippen LogP contribution in [0.15, 0.2) is 0 Å². The predicted molar refractivity (Wildman–Crippen MR) is 32.2 cm³/mol. The first-order chi connectivity index (χ1) is 2.00. The van der Waals surface area contributed by atoms with E-state index in [1.807, 2.05) is 0 Å². The third-order valence-corrected chi connectivity index (χ3v) is 0. The second-order valence-corrected chi connectivity index (χ2v) is 1.22. The quantitative estimate of drug-likeness (QED) is 0.237. The van der Waals surface area contributed by atoms with Crippen LogP contribution in [0.2, 0.25) is 0 Å². The Hall–Kier alpha value is 2.90. The Bertz CT molecular complexity index is 96.1. The zero-order valence-corrected chi connectivity index (χ0v) is 14.1. The van der Waals surface area contributed by atoms with Crippen LogP contribution in [-0.4, -0.2) is 50.4 Å². The summed E-state index contributed by atoms with van der Waals surface area (Å²) in [5, 5.41) is 0. The summed E-state index contributed by atoms with van der Waals surface area (Å²) in [5.41, 5.74) is 0. The molecule has 0 saturated heterocycles. The fraction of sp³-hybridized carbons (Fsp3) is 0. The first-order valence-corrected chi connectivity index (χ1v) is 2.00. The van der Waals surface area contributed by atoms with Crippen molar-refractivity contribution in [2.75, 3.05) is 0 Å². The summed E-state index contributed by atoms with van der Waals surface area (Å²) in [7, 11) is -5.17. The summed E-state index contributed by atoms with van der Waals surface area (Å²) >= 11 is 0. The van der Waals surface area contributed by atoms with Gasteiger partial charge >= 0.3 is 103 Å². The Morgan fingerprint density at radius 3 is 0.615 bits per heavy atom. The molecule has 13 heavy (non-hydrogen) atoms. The summed E-state index contributed by atoms with van der Waals surface area (Å²) in [5.74, 6) is 0. The van der Waals surface area contributed by atoms with Gasteiger partial charge in [0.25, 0.3) is 0 Å². The molecule has 10 nitrogen and oxygen atoms in total. The standard InChI is InChI=1S/2K.H2O4S.6H2O/c;;1-5(2,3)4;;;;;;/h;;(H2,1,2,3,4);6*1H2/q2*+1;;;;;;;/p-2. The fourth-order valence-electron chi connectivity index (χ4n) is 0. The third kappa shape index (κ3) is 294. The monoisotopic (exact) mass is 282 g/mol. The van der Waals surface area contributed by atoms with Gasteiger partial charge in [0.15, 0.2) is 0 Å². The van der Waals surface area contributed by atoms with E-state index in [1.165, 1.54) is 0 Å². The van der Waals surface area contributed by atoms with Crippen molar-refractivity contribution in [2.45, 2.75) is 0 Å². The Morgan fingerprint density at radius 2 is 0.615 bits per heavy atom. The molecule has 0 aliphatic carbocycles. The van der Waals surface area contributed by atoms with Gasteiger partial charge in [0.05, 0.1) is 0 Å². The van der Waals surface area contributed by atoms with Crippen LogP contribution < -0.4 is 103 Å². The van der Waals surface area contributed by atoms with Gasteiger partial charge in [-0.15, -0.1) is 0 Å². The molecule has 0 aliphatic heterocycles. The molecule has 0 aromatic carbocycles. The summed E-state index contributed by atoms with van der Waals surface area (Å²) in [6, 6.07) is 0. The Labute approximate surface area is 160 Å². The van der Waals surface area contributed by atoms with E-state index in [1.54, 1.807) is 0 Å². The predicted octanol–water partition coefficient (Wildman–Crippen LogP) is -12.3. The Balaban J connectivity index is -0.00000000286. The van der Waals surface area contributed by atoms with E-state index in [-0.39, 0.29) is 136 Å². The molecule has 0 amide bonds. The van der Waals surface area contributed by atoms with Crippen molar-refractivity contribution in [3.8, 4) is 0 Å². The van der Waals surface area contributed by atoms with E-state index in [0.29, 0.717) is 0 Å². The van der Waals surface area contributed by atoms with Crippen molar-refractivity contribution >= 4 is 10.4 Å². The second kappa shape index (κ2) is 36.3. The molecular formula is H12K2O10S. The molecule has 12 N–H and O–H groups in total. The van der Waals surface area contributed by atoms with E-state index in [4.69, 9.17) is 17.5 Å². The van der Waals surface area contributed by atoms with Gasteiger partial charge in [-0.05, 0) is 0 Å². The van der Waals surface area contributed by atoms with Crippen molar-refractivity contribution in [3.05, 3.63) is 0 Å².